The maximum Gasteiger partial charge on any atom is 0.274 e. The third kappa shape index (κ3) is 3.44. The van der Waals surface area contributed by atoms with Crippen LogP contribution in [0.15, 0.2) is 36.5 Å². The van der Waals surface area contributed by atoms with Crippen molar-refractivity contribution in [1.82, 2.24) is 25.0 Å². The number of nitrogens with zero attached hydrogens (tertiary/aromatic N) is 4. The average Bonchev–Trinajstić information content (AvgIpc) is 3.41. The molecule has 4 heterocycles. The number of carbonyl (C=O) groups excluding carboxylic acids is 1. The minimum absolute atomic E-state index is 0.0604. The lowest BCUT2D eigenvalue weighted by Crippen LogP contribution is -2.38. The van der Waals surface area contributed by atoms with Crippen molar-refractivity contribution in [1.29, 1.82) is 0 Å². The molecule has 5 rings (SSSR count). The summed E-state index contributed by atoms with van der Waals surface area (Å²) >= 11 is 1.79. The second kappa shape index (κ2) is 7.64. The molecule has 0 radical (unpaired) electrons. The minimum Gasteiger partial charge on any atom is -0.337 e. The van der Waals surface area contributed by atoms with Crippen molar-refractivity contribution < 1.29 is 4.79 Å². The fraction of sp³-hybridized carbons (Fsp3) is 0.476. The van der Waals surface area contributed by atoms with Gasteiger partial charge in [0.2, 0.25) is 0 Å². The molecule has 0 saturated carbocycles. The van der Waals surface area contributed by atoms with E-state index in [1.807, 2.05) is 27.9 Å². The second-order valence-electron chi connectivity index (χ2n) is 7.77. The molecule has 7 heteroatoms. The van der Waals surface area contributed by atoms with Gasteiger partial charge in [-0.25, -0.2) is 4.98 Å². The van der Waals surface area contributed by atoms with E-state index in [9.17, 15) is 4.79 Å². The molecule has 1 aromatic carbocycles. The summed E-state index contributed by atoms with van der Waals surface area (Å²) in [6.45, 7) is 3.56. The zero-order chi connectivity index (χ0) is 18.9. The topological polar surface area (TPSA) is 63.1 Å². The van der Waals surface area contributed by atoms with Gasteiger partial charge < -0.3 is 10.2 Å². The second-order valence-corrected chi connectivity index (χ2v) is 8.83. The van der Waals surface area contributed by atoms with Gasteiger partial charge in [-0.1, -0.05) is 12.1 Å². The highest BCUT2D eigenvalue weighted by Crippen LogP contribution is 2.34. The van der Waals surface area contributed by atoms with E-state index in [-0.39, 0.29) is 5.91 Å². The van der Waals surface area contributed by atoms with Crippen molar-refractivity contribution in [3.05, 3.63) is 47.2 Å². The van der Waals surface area contributed by atoms with E-state index in [4.69, 9.17) is 4.98 Å². The highest BCUT2D eigenvalue weighted by atomic mass is 32.1. The molecule has 1 N–H and O–H groups in total. The molecule has 1 unspecified atom stereocenters. The van der Waals surface area contributed by atoms with E-state index in [2.05, 4.69) is 28.6 Å². The minimum atomic E-state index is 0.0604. The summed E-state index contributed by atoms with van der Waals surface area (Å²) in [5, 5.41) is 9.20. The van der Waals surface area contributed by atoms with Crippen LogP contribution >= 0.6 is 11.3 Å². The van der Waals surface area contributed by atoms with E-state index >= 15 is 0 Å². The number of rotatable bonds is 3. The van der Waals surface area contributed by atoms with E-state index in [1.165, 1.54) is 9.71 Å². The Balaban J connectivity index is 1.22. The average molecular weight is 396 g/mol. The zero-order valence-corrected chi connectivity index (χ0v) is 16.7. The van der Waals surface area contributed by atoms with Gasteiger partial charge in [0.15, 0.2) is 0 Å². The van der Waals surface area contributed by atoms with E-state index in [0.717, 1.165) is 57.4 Å². The third-order valence-corrected chi connectivity index (χ3v) is 7.11. The Labute approximate surface area is 168 Å². The first kappa shape index (κ1) is 17.8. The van der Waals surface area contributed by atoms with Crippen molar-refractivity contribution in [2.75, 3.05) is 26.2 Å². The van der Waals surface area contributed by atoms with Crippen LogP contribution in [-0.2, 0) is 0 Å². The quantitative estimate of drug-likeness (QED) is 0.738. The highest BCUT2D eigenvalue weighted by Gasteiger charge is 2.28. The standard InChI is InChI=1S/C21H25N5OS/c27-21(18-9-13-26(24-18)16-4-3-10-22-14-16)25-11-7-15(8-12-25)20-23-17-5-1-2-6-19(17)28-20/h1-2,5-6,9,13,15-16,22H,3-4,7-8,10-12,14H2. The van der Waals surface area contributed by atoms with Crippen molar-refractivity contribution in [2.45, 2.75) is 37.6 Å². The Morgan fingerprint density at radius 3 is 2.79 bits per heavy atom. The lowest BCUT2D eigenvalue weighted by Gasteiger charge is -2.30. The lowest BCUT2D eigenvalue weighted by atomic mass is 9.97. The summed E-state index contributed by atoms with van der Waals surface area (Å²) in [5.41, 5.74) is 1.66. The Morgan fingerprint density at radius 2 is 2.00 bits per heavy atom. The molecule has 146 valence electrons. The fourth-order valence-corrected chi connectivity index (χ4v) is 5.41. The molecule has 0 spiro atoms. The molecule has 2 aliphatic rings. The summed E-state index contributed by atoms with van der Waals surface area (Å²) in [6, 6.07) is 10.5. The van der Waals surface area contributed by atoms with Crippen molar-refractivity contribution in [3.8, 4) is 0 Å². The maximum absolute atomic E-state index is 12.9. The van der Waals surface area contributed by atoms with Crippen LogP contribution in [-0.4, -0.2) is 51.8 Å². The molecule has 1 atom stereocenters. The number of hydrogen-bond donors (Lipinski definition) is 1. The van der Waals surface area contributed by atoms with Crippen molar-refractivity contribution >= 4 is 27.5 Å². The molecule has 2 saturated heterocycles. The first-order chi connectivity index (χ1) is 13.8. The van der Waals surface area contributed by atoms with Gasteiger partial charge in [0.05, 0.1) is 21.3 Å². The molecule has 0 bridgehead atoms. The van der Waals surface area contributed by atoms with Crippen LogP contribution < -0.4 is 5.32 Å². The van der Waals surface area contributed by atoms with Gasteiger partial charge in [0.1, 0.15) is 5.69 Å². The number of para-hydroxylation sites is 1. The summed E-state index contributed by atoms with van der Waals surface area (Å²) in [7, 11) is 0. The summed E-state index contributed by atoms with van der Waals surface area (Å²) in [4.78, 5) is 19.7. The number of thiazole rings is 1. The highest BCUT2D eigenvalue weighted by molar-refractivity contribution is 7.18. The summed E-state index contributed by atoms with van der Waals surface area (Å²) in [6.07, 6.45) is 6.18. The van der Waals surface area contributed by atoms with Crippen LogP contribution in [0.5, 0.6) is 0 Å². The molecule has 2 aromatic heterocycles. The first-order valence-corrected chi connectivity index (χ1v) is 11.0. The number of aromatic nitrogens is 3. The molecule has 1 amide bonds. The number of carbonyl (C=O) groups is 1. The number of hydrogen-bond acceptors (Lipinski definition) is 5. The monoisotopic (exact) mass is 395 g/mol. The Hall–Kier alpha value is -2.25. The van der Waals surface area contributed by atoms with Gasteiger partial charge >= 0.3 is 0 Å². The number of likely N-dealkylation sites (tertiary alicyclic amines) is 1. The van der Waals surface area contributed by atoms with E-state index < -0.39 is 0 Å². The predicted molar refractivity (Wildman–Crippen MR) is 111 cm³/mol. The van der Waals surface area contributed by atoms with Crippen LogP contribution in [0.1, 0.15) is 53.1 Å². The first-order valence-electron chi connectivity index (χ1n) is 10.2. The summed E-state index contributed by atoms with van der Waals surface area (Å²) < 4.78 is 3.21. The van der Waals surface area contributed by atoms with Crippen molar-refractivity contribution in [3.63, 3.8) is 0 Å². The SMILES string of the molecule is O=C(c1ccn(C2CCCNC2)n1)N1CCC(c2nc3ccccc3s2)CC1. The largest absolute Gasteiger partial charge is 0.337 e. The van der Waals surface area contributed by atoms with Crippen LogP contribution in [0, 0.1) is 0 Å². The smallest absolute Gasteiger partial charge is 0.274 e. The van der Waals surface area contributed by atoms with Crippen LogP contribution in [0.2, 0.25) is 0 Å². The van der Waals surface area contributed by atoms with Crippen LogP contribution in [0.3, 0.4) is 0 Å². The number of nitrogens with one attached hydrogen (secondary N) is 1. The molecule has 6 nitrogen and oxygen atoms in total. The number of fused-ring (bicyclic) bond motifs is 1. The number of piperidine rings is 2. The van der Waals surface area contributed by atoms with Crippen molar-refractivity contribution in [2.24, 2.45) is 0 Å². The third-order valence-electron chi connectivity index (χ3n) is 5.91. The van der Waals surface area contributed by atoms with Gasteiger partial charge in [-0.2, -0.15) is 5.10 Å². The zero-order valence-electron chi connectivity index (χ0n) is 15.9. The molecule has 28 heavy (non-hydrogen) atoms. The van der Waals surface area contributed by atoms with Gasteiger partial charge in [-0.05, 0) is 50.4 Å². The summed E-state index contributed by atoms with van der Waals surface area (Å²) in [5.74, 6) is 0.512. The van der Waals surface area contributed by atoms with Gasteiger partial charge in [-0.3, -0.25) is 9.48 Å². The Morgan fingerprint density at radius 1 is 1.14 bits per heavy atom. The van der Waals surface area contributed by atoms with E-state index in [1.54, 1.807) is 11.3 Å². The lowest BCUT2D eigenvalue weighted by molar-refractivity contribution is 0.0705. The number of amides is 1. The molecule has 2 aliphatic heterocycles. The maximum atomic E-state index is 12.9. The molecule has 2 fully saturated rings. The van der Waals surface area contributed by atoms with Gasteiger partial charge in [0.25, 0.3) is 5.91 Å². The Kier molecular flexibility index (Phi) is 4.86. The predicted octanol–water partition coefficient (Wildman–Crippen LogP) is 3.44. The number of benzene rings is 1. The van der Waals surface area contributed by atoms with Crippen LogP contribution in [0.4, 0.5) is 0 Å². The van der Waals surface area contributed by atoms with Crippen LogP contribution in [0.25, 0.3) is 10.2 Å². The molecule has 0 aliphatic carbocycles. The molecular weight excluding hydrogens is 370 g/mol. The van der Waals surface area contributed by atoms with E-state index in [0.29, 0.717) is 17.7 Å². The normalized spacial score (nSPS) is 21.3. The molecule has 3 aromatic rings. The Bertz CT molecular complexity index is 933. The van der Waals surface area contributed by atoms with Gasteiger partial charge in [0, 0.05) is 31.7 Å². The molecular formula is C21H25N5OS. The van der Waals surface area contributed by atoms with Gasteiger partial charge in [-0.15, -0.1) is 11.3 Å². The fourth-order valence-electron chi connectivity index (χ4n) is 4.27.